The number of pyridine rings is 2. The smallest absolute Gasteiger partial charge is 0.223 e. The summed E-state index contributed by atoms with van der Waals surface area (Å²) < 4.78 is 45.0. The molecule has 1 aliphatic rings. The highest BCUT2D eigenvalue weighted by Crippen LogP contribution is 2.36. The minimum Gasteiger partial charge on any atom is -0.474 e. The van der Waals surface area contributed by atoms with E-state index in [1.54, 1.807) is 18.5 Å². The van der Waals surface area contributed by atoms with E-state index in [0.29, 0.717) is 29.3 Å². The van der Waals surface area contributed by atoms with E-state index in [1.807, 2.05) is 20.8 Å². The number of rotatable bonds is 8. The summed E-state index contributed by atoms with van der Waals surface area (Å²) in [7, 11) is -4.31. The van der Waals surface area contributed by atoms with Crippen LogP contribution in [0.25, 0.3) is 10.8 Å². The Hall–Kier alpha value is -1.29. The SMILES string of the molecule is CCC[C@@H](N[S@@](=O)C(C)(C)C)c1cnc(OC2CC(S(C)(=O)=O)C2)c2cnc(Cl)cc12. The van der Waals surface area contributed by atoms with Gasteiger partial charge in [-0.3, -0.25) is 0 Å². The van der Waals surface area contributed by atoms with Crippen LogP contribution in [0.2, 0.25) is 5.15 Å². The van der Waals surface area contributed by atoms with Gasteiger partial charge >= 0.3 is 0 Å². The summed E-state index contributed by atoms with van der Waals surface area (Å²) in [4.78, 5) is 8.71. The third-order valence-electron chi connectivity index (χ3n) is 5.43. The fourth-order valence-corrected chi connectivity index (χ4v) is 5.61. The van der Waals surface area contributed by atoms with E-state index < -0.39 is 25.6 Å². The van der Waals surface area contributed by atoms with Crippen LogP contribution >= 0.6 is 11.6 Å². The van der Waals surface area contributed by atoms with Crippen LogP contribution in [0.3, 0.4) is 0 Å². The first-order valence-corrected chi connectivity index (χ1v) is 13.9. The molecule has 2 heterocycles. The van der Waals surface area contributed by atoms with E-state index in [9.17, 15) is 12.6 Å². The average Bonchev–Trinajstić information content (AvgIpc) is 2.61. The Morgan fingerprint density at radius 1 is 1.26 bits per heavy atom. The molecule has 0 amide bonds. The maximum absolute atomic E-state index is 12.8. The van der Waals surface area contributed by atoms with Crippen molar-refractivity contribution in [3.8, 4) is 5.88 Å². The lowest BCUT2D eigenvalue weighted by Gasteiger charge is -2.34. The molecule has 31 heavy (non-hydrogen) atoms. The summed E-state index contributed by atoms with van der Waals surface area (Å²) in [6, 6.07) is 1.59. The summed E-state index contributed by atoms with van der Waals surface area (Å²) in [5.41, 5.74) is 0.883. The van der Waals surface area contributed by atoms with Gasteiger partial charge in [0.05, 0.1) is 26.4 Å². The molecule has 2 aromatic heterocycles. The summed E-state index contributed by atoms with van der Waals surface area (Å²) in [6.07, 6.45) is 6.99. The van der Waals surface area contributed by atoms with E-state index in [4.69, 9.17) is 16.3 Å². The molecule has 0 unspecified atom stereocenters. The molecule has 1 fully saturated rings. The van der Waals surface area contributed by atoms with Crippen molar-refractivity contribution in [2.45, 2.75) is 75.5 Å². The van der Waals surface area contributed by atoms with Crippen molar-refractivity contribution in [1.82, 2.24) is 14.7 Å². The van der Waals surface area contributed by atoms with Gasteiger partial charge in [0.1, 0.15) is 11.3 Å². The van der Waals surface area contributed by atoms with Gasteiger partial charge in [-0.15, -0.1) is 0 Å². The summed E-state index contributed by atoms with van der Waals surface area (Å²) in [5, 5.41) is 1.52. The Bertz CT molecular complexity index is 1080. The predicted molar refractivity (Wildman–Crippen MR) is 126 cm³/mol. The molecule has 3 rings (SSSR count). The van der Waals surface area contributed by atoms with Crippen molar-refractivity contribution in [2.75, 3.05) is 6.26 Å². The number of ether oxygens (including phenoxy) is 1. The third kappa shape index (κ3) is 5.74. The fraction of sp³-hybridized carbons (Fsp3) is 0.619. The molecule has 0 aromatic carbocycles. The minimum absolute atomic E-state index is 0.175. The van der Waals surface area contributed by atoms with Crippen molar-refractivity contribution in [1.29, 1.82) is 0 Å². The minimum atomic E-state index is -3.05. The van der Waals surface area contributed by atoms with Crippen molar-refractivity contribution < 1.29 is 17.4 Å². The molecule has 0 saturated heterocycles. The number of hydrogen-bond donors (Lipinski definition) is 1. The van der Waals surface area contributed by atoms with Gasteiger partial charge < -0.3 is 4.74 Å². The molecule has 1 aliphatic carbocycles. The Morgan fingerprint density at radius 2 is 1.94 bits per heavy atom. The first-order valence-electron chi connectivity index (χ1n) is 10.4. The number of nitrogens with zero attached hydrogens (tertiary/aromatic N) is 2. The highest BCUT2D eigenvalue weighted by Gasteiger charge is 2.38. The van der Waals surface area contributed by atoms with Crippen molar-refractivity contribution >= 4 is 43.2 Å². The lowest BCUT2D eigenvalue weighted by molar-refractivity contribution is 0.119. The van der Waals surface area contributed by atoms with Gasteiger partial charge in [0, 0.05) is 37.5 Å². The maximum Gasteiger partial charge on any atom is 0.223 e. The summed E-state index contributed by atoms with van der Waals surface area (Å²) >= 11 is 6.20. The molecule has 7 nitrogen and oxygen atoms in total. The molecule has 0 aliphatic heterocycles. The molecule has 0 radical (unpaired) electrons. The van der Waals surface area contributed by atoms with Crippen LogP contribution in [-0.4, -0.2) is 45.0 Å². The Balaban J connectivity index is 1.93. The topological polar surface area (TPSA) is 98.2 Å². The van der Waals surface area contributed by atoms with Crippen LogP contribution in [-0.2, 0) is 20.8 Å². The van der Waals surface area contributed by atoms with E-state index in [-0.39, 0.29) is 17.4 Å². The lowest BCUT2D eigenvalue weighted by Crippen LogP contribution is -2.42. The molecule has 1 N–H and O–H groups in total. The average molecular weight is 488 g/mol. The Kier molecular flexibility index (Phi) is 7.30. The second-order valence-electron chi connectivity index (χ2n) is 9.07. The van der Waals surface area contributed by atoms with Crippen LogP contribution in [0.4, 0.5) is 0 Å². The Labute approximate surface area is 191 Å². The fourth-order valence-electron chi connectivity index (χ4n) is 3.47. The van der Waals surface area contributed by atoms with Crippen LogP contribution in [0.1, 0.15) is 65.0 Å². The van der Waals surface area contributed by atoms with Gasteiger partial charge in [-0.2, -0.15) is 0 Å². The van der Waals surface area contributed by atoms with Crippen molar-refractivity contribution in [3.05, 3.63) is 29.2 Å². The van der Waals surface area contributed by atoms with Crippen LogP contribution < -0.4 is 9.46 Å². The summed E-state index contributed by atoms with van der Waals surface area (Å²) in [5.74, 6) is 0.409. The number of hydrogen-bond acceptors (Lipinski definition) is 6. The van der Waals surface area contributed by atoms with Gasteiger partial charge in [0.15, 0.2) is 9.84 Å². The van der Waals surface area contributed by atoms with E-state index in [2.05, 4.69) is 21.6 Å². The molecule has 0 bridgehead atoms. The highest BCUT2D eigenvalue weighted by atomic mass is 35.5. The maximum atomic E-state index is 12.8. The zero-order valence-corrected chi connectivity index (χ0v) is 20.9. The number of sulfone groups is 1. The summed E-state index contributed by atoms with van der Waals surface area (Å²) in [6.45, 7) is 7.85. The van der Waals surface area contributed by atoms with Crippen LogP contribution in [0.15, 0.2) is 18.5 Å². The van der Waals surface area contributed by atoms with E-state index in [0.717, 1.165) is 23.8 Å². The van der Waals surface area contributed by atoms with Crippen LogP contribution in [0.5, 0.6) is 5.88 Å². The molecule has 172 valence electrons. The molecule has 2 atom stereocenters. The largest absolute Gasteiger partial charge is 0.474 e. The zero-order chi connectivity index (χ0) is 23.0. The number of aromatic nitrogens is 2. The van der Waals surface area contributed by atoms with Gasteiger partial charge in [-0.25, -0.2) is 27.3 Å². The Morgan fingerprint density at radius 3 is 2.52 bits per heavy atom. The molecule has 1 saturated carbocycles. The van der Waals surface area contributed by atoms with E-state index >= 15 is 0 Å². The molecule has 2 aromatic rings. The quantitative estimate of drug-likeness (QED) is 0.562. The third-order valence-corrected chi connectivity index (χ3v) is 8.84. The molecular formula is C21H30ClN3O4S2. The monoisotopic (exact) mass is 487 g/mol. The molecular weight excluding hydrogens is 458 g/mol. The second-order valence-corrected chi connectivity index (χ2v) is 13.8. The van der Waals surface area contributed by atoms with Gasteiger partial charge in [-0.1, -0.05) is 24.9 Å². The van der Waals surface area contributed by atoms with Crippen LogP contribution in [0, 0.1) is 0 Å². The normalized spacial score (nSPS) is 21.5. The van der Waals surface area contributed by atoms with Gasteiger partial charge in [-0.05, 0) is 44.2 Å². The highest BCUT2D eigenvalue weighted by molar-refractivity contribution is 7.91. The van der Waals surface area contributed by atoms with Gasteiger partial charge in [0.25, 0.3) is 0 Å². The zero-order valence-electron chi connectivity index (χ0n) is 18.5. The first kappa shape index (κ1) is 24.4. The lowest BCUT2D eigenvalue weighted by atomic mass is 9.95. The van der Waals surface area contributed by atoms with Crippen molar-refractivity contribution in [3.63, 3.8) is 0 Å². The molecule has 10 heteroatoms. The first-order chi connectivity index (χ1) is 14.4. The number of halogens is 1. The number of nitrogens with one attached hydrogen (secondary N) is 1. The van der Waals surface area contributed by atoms with Crippen molar-refractivity contribution in [2.24, 2.45) is 0 Å². The standard InChI is InChI=1S/C21H30ClN3O4S2/c1-6-7-18(25-30(26)21(2,3)4)16-11-24-20(17-12-23-19(22)10-15(16)17)29-13-8-14(9-13)31(5,27)28/h10-14,18,25H,6-9H2,1-5H3/t13?,14?,18-,30+/m1/s1. The molecule has 0 spiro atoms. The van der Waals surface area contributed by atoms with E-state index in [1.165, 1.54) is 6.26 Å². The number of fused-ring (bicyclic) bond motifs is 1. The van der Waals surface area contributed by atoms with Gasteiger partial charge in [0.2, 0.25) is 5.88 Å². The second kappa shape index (κ2) is 9.29. The predicted octanol–water partition coefficient (Wildman–Crippen LogP) is 4.13.